The lowest BCUT2D eigenvalue weighted by Crippen LogP contribution is -2.43. The number of benzene rings is 1. The molecule has 0 saturated heterocycles. The van der Waals surface area contributed by atoms with Crippen molar-refractivity contribution < 1.29 is 9.50 Å². The van der Waals surface area contributed by atoms with Crippen molar-refractivity contribution in [1.29, 1.82) is 0 Å². The predicted molar refractivity (Wildman–Crippen MR) is 81.3 cm³/mol. The summed E-state index contributed by atoms with van der Waals surface area (Å²) < 4.78 is 12.9. The first-order chi connectivity index (χ1) is 9.38. The molecule has 0 spiro atoms. The van der Waals surface area contributed by atoms with E-state index in [0.29, 0.717) is 19.0 Å². The molecule has 0 saturated carbocycles. The van der Waals surface area contributed by atoms with Gasteiger partial charge in [0.15, 0.2) is 0 Å². The van der Waals surface area contributed by atoms with Crippen molar-refractivity contribution in [2.24, 2.45) is 5.92 Å². The zero-order valence-corrected chi connectivity index (χ0v) is 12.9. The summed E-state index contributed by atoms with van der Waals surface area (Å²) in [5, 5.41) is 13.3. The zero-order chi connectivity index (χ0) is 15.1. The molecule has 1 aromatic rings. The SMILES string of the molecule is CC(C)C(Cc1ccc(F)cc1)NCC(O)CN(C)C. The molecule has 0 bridgehead atoms. The summed E-state index contributed by atoms with van der Waals surface area (Å²) in [6, 6.07) is 6.91. The molecule has 0 radical (unpaired) electrons. The van der Waals surface area contributed by atoms with Gasteiger partial charge in [0.05, 0.1) is 6.10 Å². The molecule has 2 N–H and O–H groups in total. The second-order valence-electron chi connectivity index (χ2n) is 6.01. The lowest BCUT2D eigenvalue weighted by atomic mass is 9.96. The van der Waals surface area contributed by atoms with Gasteiger partial charge in [0.1, 0.15) is 5.82 Å². The van der Waals surface area contributed by atoms with E-state index in [2.05, 4.69) is 19.2 Å². The number of nitrogens with zero attached hydrogens (tertiary/aromatic N) is 1. The topological polar surface area (TPSA) is 35.5 Å². The smallest absolute Gasteiger partial charge is 0.123 e. The molecule has 20 heavy (non-hydrogen) atoms. The summed E-state index contributed by atoms with van der Waals surface area (Å²) in [5.74, 6) is 0.246. The third-order valence-electron chi connectivity index (χ3n) is 3.37. The van der Waals surface area contributed by atoms with E-state index in [-0.39, 0.29) is 18.0 Å². The van der Waals surface area contributed by atoms with Crippen LogP contribution in [0.1, 0.15) is 19.4 Å². The summed E-state index contributed by atoms with van der Waals surface area (Å²) in [6.07, 6.45) is 0.464. The van der Waals surface area contributed by atoms with E-state index in [1.165, 1.54) is 12.1 Å². The second-order valence-corrected chi connectivity index (χ2v) is 6.01. The molecule has 4 heteroatoms. The van der Waals surface area contributed by atoms with E-state index in [4.69, 9.17) is 0 Å². The van der Waals surface area contributed by atoms with Crippen LogP contribution in [0.2, 0.25) is 0 Å². The fraction of sp³-hybridized carbons (Fsp3) is 0.625. The van der Waals surface area contributed by atoms with Crippen LogP contribution in [0, 0.1) is 11.7 Å². The van der Waals surface area contributed by atoms with E-state index in [0.717, 1.165) is 12.0 Å². The molecule has 0 amide bonds. The summed E-state index contributed by atoms with van der Waals surface area (Å²) >= 11 is 0. The fourth-order valence-electron chi connectivity index (χ4n) is 2.19. The summed E-state index contributed by atoms with van der Waals surface area (Å²) in [5.41, 5.74) is 1.11. The van der Waals surface area contributed by atoms with Gasteiger partial charge >= 0.3 is 0 Å². The highest BCUT2D eigenvalue weighted by molar-refractivity contribution is 5.17. The molecular weight excluding hydrogens is 255 g/mol. The van der Waals surface area contributed by atoms with Gasteiger partial charge in [-0.05, 0) is 44.1 Å². The minimum Gasteiger partial charge on any atom is -0.390 e. The minimum absolute atomic E-state index is 0.204. The van der Waals surface area contributed by atoms with Gasteiger partial charge in [-0.25, -0.2) is 4.39 Å². The van der Waals surface area contributed by atoms with E-state index in [9.17, 15) is 9.50 Å². The van der Waals surface area contributed by atoms with Crippen molar-refractivity contribution in [3.63, 3.8) is 0 Å². The minimum atomic E-state index is -0.375. The Morgan fingerprint density at radius 2 is 1.80 bits per heavy atom. The Bertz CT molecular complexity index is 379. The van der Waals surface area contributed by atoms with Crippen LogP contribution >= 0.6 is 0 Å². The van der Waals surface area contributed by atoms with Gasteiger partial charge in [-0.2, -0.15) is 0 Å². The van der Waals surface area contributed by atoms with Gasteiger partial charge in [0.25, 0.3) is 0 Å². The van der Waals surface area contributed by atoms with Crippen LogP contribution < -0.4 is 5.32 Å². The van der Waals surface area contributed by atoms with Gasteiger partial charge in [-0.1, -0.05) is 26.0 Å². The molecule has 0 aliphatic rings. The predicted octanol–water partition coefficient (Wildman–Crippen LogP) is 1.90. The van der Waals surface area contributed by atoms with Crippen LogP contribution in [0.5, 0.6) is 0 Å². The van der Waals surface area contributed by atoms with Crippen molar-refractivity contribution in [2.45, 2.75) is 32.4 Å². The highest BCUT2D eigenvalue weighted by Gasteiger charge is 2.15. The molecule has 0 aliphatic heterocycles. The van der Waals surface area contributed by atoms with E-state index in [1.54, 1.807) is 0 Å². The fourth-order valence-corrected chi connectivity index (χ4v) is 2.19. The largest absolute Gasteiger partial charge is 0.390 e. The van der Waals surface area contributed by atoms with Crippen LogP contribution in [0.15, 0.2) is 24.3 Å². The van der Waals surface area contributed by atoms with E-state index >= 15 is 0 Å². The number of nitrogens with one attached hydrogen (secondary N) is 1. The number of halogens is 1. The summed E-state index contributed by atoms with van der Waals surface area (Å²) in [4.78, 5) is 1.97. The Hall–Kier alpha value is -0.970. The monoisotopic (exact) mass is 282 g/mol. The Kier molecular flexibility index (Phi) is 7.13. The molecule has 2 atom stereocenters. The average Bonchev–Trinajstić information content (AvgIpc) is 2.35. The zero-order valence-electron chi connectivity index (χ0n) is 12.9. The maximum absolute atomic E-state index is 12.9. The molecule has 1 aromatic carbocycles. The number of likely N-dealkylation sites (N-methyl/N-ethyl adjacent to an activating group) is 1. The van der Waals surface area contributed by atoms with Crippen molar-refractivity contribution in [3.05, 3.63) is 35.6 Å². The number of aliphatic hydroxyl groups is 1. The maximum Gasteiger partial charge on any atom is 0.123 e. The van der Waals surface area contributed by atoms with Gasteiger partial charge in [0.2, 0.25) is 0 Å². The van der Waals surface area contributed by atoms with Gasteiger partial charge in [-0.15, -0.1) is 0 Å². The maximum atomic E-state index is 12.9. The van der Waals surface area contributed by atoms with Crippen LogP contribution in [0.3, 0.4) is 0 Å². The van der Waals surface area contributed by atoms with E-state index in [1.807, 2.05) is 31.1 Å². The first-order valence-corrected chi connectivity index (χ1v) is 7.19. The second kappa shape index (κ2) is 8.35. The van der Waals surface area contributed by atoms with Crippen LogP contribution in [-0.2, 0) is 6.42 Å². The molecule has 1 rings (SSSR count). The number of hydrogen-bond donors (Lipinski definition) is 2. The van der Waals surface area contributed by atoms with Gasteiger partial charge in [-0.3, -0.25) is 0 Å². The van der Waals surface area contributed by atoms with Crippen LogP contribution in [0.25, 0.3) is 0 Å². The molecule has 0 fully saturated rings. The van der Waals surface area contributed by atoms with Crippen molar-refractivity contribution in [3.8, 4) is 0 Å². The third kappa shape index (κ3) is 6.46. The lowest BCUT2D eigenvalue weighted by molar-refractivity contribution is 0.128. The van der Waals surface area contributed by atoms with E-state index < -0.39 is 0 Å². The standard InChI is InChI=1S/C16H27FN2O/c1-12(2)16(18-10-15(20)11-19(3)4)9-13-5-7-14(17)8-6-13/h5-8,12,15-16,18,20H,9-11H2,1-4H3. The Morgan fingerprint density at radius 1 is 1.20 bits per heavy atom. The molecule has 0 aromatic heterocycles. The summed E-state index contributed by atoms with van der Waals surface area (Å²) in [7, 11) is 3.89. The molecule has 0 aliphatic carbocycles. The quantitative estimate of drug-likeness (QED) is 0.764. The number of aliphatic hydroxyl groups excluding tert-OH is 1. The Balaban J connectivity index is 2.50. The van der Waals surface area contributed by atoms with Crippen molar-refractivity contribution >= 4 is 0 Å². The third-order valence-corrected chi connectivity index (χ3v) is 3.37. The molecule has 3 nitrogen and oxygen atoms in total. The first kappa shape index (κ1) is 17.1. The highest BCUT2D eigenvalue weighted by atomic mass is 19.1. The number of hydrogen-bond acceptors (Lipinski definition) is 3. The molecule has 2 unspecified atom stereocenters. The molecular formula is C16H27FN2O. The molecule has 114 valence electrons. The Morgan fingerprint density at radius 3 is 2.30 bits per heavy atom. The van der Waals surface area contributed by atoms with Gasteiger partial charge in [0, 0.05) is 19.1 Å². The lowest BCUT2D eigenvalue weighted by Gasteiger charge is -2.25. The summed E-state index contributed by atoms with van der Waals surface area (Å²) in [6.45, 7) is 5.52. The Labute approximate surface area is 121 Å². The van der Waals surface area contributed by atoms with Gasteiger partial charge < -0.3 is 15.3 Å². The highest BCUT2D eigenvalue weighted by Crippen LogP contribution is 2.11. The van der Waals surface area contributed by atoms with Crippen molar-refractivity contribution in [1.82, 2.24) is 10.2 Å². The van der Waals surface area contributed by atoms with Crippen molar-refractivity contribution in [2.75, 3.05) is 27.2 Å². The number of rotatable bonds is 8. The normalized spacial score (nSPS) is 14.8. The molecule has 0 heterocycles. The van der Waals surface area contributed by atoms with Crippen LogP contribution in [-0.4, -0.2) is 49.3 Å². The average molecular weight is 282 g/mol. The van der Waals surface area contributed by atoms with Crippen LogP contribution in [0.4, 0.5) is 4.39 Å². The first-order valence-electron chi connectivity index (χ1n) is 7.19.